The van der Waals surface area contributed by atoms with Crippen LogP contribution in [-0.4, -0.2) is 48.3 Å². The zero-order valence-electron chi connectivity index (χ0n) is 10.2. The van der Waals surface area contributed by atoms with E-state index in [9.17, 15) is 4.79 Å². The minimum absolute atomic E-state index is 0.105. The van der Waals surface area contributed by atoms with Crippen molar-refractivity contribution >= 4 is 5.91 Å². The molecule has 1 unspecified atom stereocenters. The molecule has 0 aromatic carbocycles. The smallest absolute Gasteiger partial charge is 0.248 e. The first kappa shape index (κ1) is 13.5. The molecular formula is C12H23NO3. The summed E-state index contributed by atoms with van der Waals surface area (Å²) in [6.07, 6.45) is 4.79. The van der Waals surface area contributed by atoms with Gasteiger partial charge in [-0.3, -0.25) is 4.79 Å². The summed E-state index contributed by atoms with van der Waals surface area (Å²) >= 11 is 0. The molecule has 1 N–H and O–H groups in total. The fourth-order valence-electron chi connectivity index (χ4n) is 2.18. The molecule has 1 amide bonds. The molecule has 0 spiro atoms. The first-order chi connectivity index (χ1) is 7.79. The zero-order valence-corrected chi connectivity index (χ0v) is 10.2. The van der Waals surface area contributed by atoms with Gasteiger partial charge in [0.05, 0.1) is 0 Å². The monoisotopic (exact) mass is 229 g/mol. The fraction of sp³-hybridized carbons (Fsp3) is 0.917. The summed E-state index contributed by atoms with van der Waals surface area (Å²) in [7, 11) is 0. The Morgan fingerprint density at radius 1 is 1.56 bits per heavy atom. The molecule has 4 nitrogen and oxygen atoms in total. The molecule has 1 saturated heterocycles. The average molecular weight is 229 g/mol. The molecule has 0 aromatic rings. The van der Waals surface area contributed by atoms with E-state index < -0.39 is 0 Å². The van der Waals surface area contributed by atoms with Crippen LogP contribution in [0, 0.1) is 0 Å². The maximum Gasteiger partial charge on any atom is 0.248 e. The summed E-state index contributed by atoms with van der Waals surface area (Å²) in [5.74, 6) is 0.105. The van der Waals surface area contributed by atoms with Gasteiger partial charge in [0.1, 0.15) is 6.61 Å². The van der Waals surface area contributed by atoms with Gasteiger partial charge in [-0.05, 0) is 32.1 Å². The van der Waals surface area contributed by atoms with E-state index in [4.69, 9.17) is 9.84 Å². The van der Waals surface area contributed by atoms with Crippen molar-refractivity contribution < 1.29 is 14.6 Å². The molecule has 1 aliphatic heterocycles. The lowest BCUT2D eigenvalue weighted by Gasteiger charge is -2.24. The van der Waals surface area contributed by atoms with Crippen molar-refractivity contribution in [3.63, 3.8) is 0 Å². The van der Waals surface area contributed by atoms with Crippen LogP contribution in [0.25, 0.3) is 0 Å². The summed E-state index contributed by atoms with van der Waals surface area (Å²) in [4.78, 5) is 13.8. The highest BCUT2D eigenvalue weighted by Gasteiger charge is 2.27. The standard InChI is InChI=1S/C12H23NO3/c1-2-9-16-10-12(15)13-7-3-5-11(13)6-4-8-14/h11,14H,2-10H2,1H3. The highest BCUT2D eigenvalue weighted by atomic mass is 16.5. The minimum Gasteiger partial charge on any atom is -0.396 e. The Balaban J connectivity index is 2.29. The number of amides is 1. The van der Waals surface area contributed by atoms with E-state index in [1.807, 2.05) is 11.8 Å². The number of carbonyl (C=O) groups is 1. The van der Waals surface area contributed by atoms with Crippen LogP contribution in [0.2, 0.25) is 0 Å². The molecule has 1 atom stereocenters. The van der Waals surface area contributed by atoms with Crippen molar-refractivity contribution in [2.24, 2.45) is 0 Å². The molecule has 4 heteroatoms. The Morgan fingerprint density at radius 3 is 3.06 bits per heavy atom. The van der Waals surface area contributed by atoms with E-state index >= 15 is 0 Å². The Bertz CT molecular complexity index is 208. The van der Waals surface area contributed by atoms with Crippen LogP contribution in [0.3, 0.4) is 0 Å². The van der Waals surface area contributed by atoms with Gasteiger partial charge < -0.3 is 14.7 Å². The molecule has 0 aromatic heterocycles. The van der Waals surface area contributed by atoms with Crippen molar-refractivity contribution in [2.75, 3.05) is 26.4 Å². The van der Waals surface area contributed by atoms with Gasteiger partial charge in [0.25, 0.3) is 0 Å². The molecule has 0 bridgehead atoms. The summed E-state index contributed by atoms with van der Waals surface area (Å²) in [5.41, 5.74) is 0. The van der Waals surface area contributed by atoms with Gasteiger partial charge in [-0.1, -0.05) is 6.92 Å². The van der Waals surface area contributed by atoms with E-state index in [2.05, 4.69) is 0 Å². The zero-order chi connectivity index (χ0) is 11.8. The van der Waals surface area contributed by atoms with Crippen LogP contribution in [-0.2, 0) is 9.53 Å². The highest BCUT2D eigenvalue weighted by Crippen LogP contribution is 2.21. The van der Waals surface area contributed by atoms with E-state index in [1.165, 1.54) is 0 Å². The lowest BCUT2D eigenvalue weighted by molar-refractivity contribution is -0.137. The van der Waals surface area contributed by atoms with Crippen molar-refractivity contribution in [2.45, 2.75) is 45.1 Å². The van der Waals surface area contributed by atoms with Crippen molar-refractivity contribution in [3.8, 4) is 0 Å². The second-order valence-electron chi connectivity index (χ2n) is 4.30. The number of nitrogens with zero attached hydrogens (tertiary/aromatic N) is 1. The molecular weight excluding hydrogens is 206 g/mol. The predicted molar refractivity (Wildman–Crippen MR) is 62.2 cm³/mol. The van der Waals surface area contributed by atoms with Crippen LogP contribution in [0.15, 0.2) is 0 Å². The maximum atomic E-state index is 11.8. The highest BCUT2D eigenvalue weighted by molar-refractivity contribution is 5.78. The first-order valence-corrected chi connectivity index (χ1v) is 6.27. The average Bonchev–Trinajstić information content (AvgIpc) is 2.74. The van der Waals surface area contributed by atoms with E-state index in [-0.39, 0.29) is 19.1 Å². The Morgan fingerprint density at radius 2 is 2.38 bits per heavy atom. The number of carbonyl (C=O) groups excluding carboxylic acids is 1. The topological polar surface area (TPSA) is 49.8 Å². The van der Waals surface area contributed by atoms with Crippen molar-refractivity contribution in [3.05, 3.63) is 0 Å². The Kier molecular flexibility index (Phi) is 6.42. The summed E-state index contributed by atoms with van der Waals surface area (Å²) in [6, 6.07) is 0.324. The number of ether oxygens (including phenoxy) is 1. The number of aliphatic hydroxyl groups excluding tert-OH is 1. The van der Waals surface area contributed by atoms with Crippen LogP contribution in [0.1, 0.15) is 39.0 Å². The van der Waals surface area contributed by atoms with E-state index in [0.29, 0.717) is 12.6 Å². The second kappa shape index (κ2) is 7.63. The van der Waals surface area contributed by atoms with Crippen LogP contribution in [0.4, 0.5) is 0 Å². The third-order valence-electron chi connectivity index (χ3n) is 2.97. The molecule has 0 saturated carbocycles. The van der Waals surface area contributed by atoms with Gasteiger partial charge in [-0.15, -0.1) is 0 Å². The first-order valence-electron chi connectivity index (χ1n) is 6.27. The van der Waals surface area contributed by atoms with Gasteiger partial charge in [0, 0.05) is 25.8 Å². The largest absolute Gasteiger partial charge is 0.396 e. The van der Waals surface area contributed by atoms with Gasteiger partial charge >= 0.3 is 0 Å². The molecule has 1 fully saturated rings. The second-order valence-corrected chi connectivity index (χ2v) is 4.30. The fourth-order valence-corrected chi connectivity index (χ4v) is 2.18. The molecule has 16 heavy (non-hydrogen) atoms. The van der Waals surface area contributed by atoms with Gasteiger partial charge in [0.2, 0.25) is 5.91 Å². The van der Waals surface area contributed by atoms with Gasteiger partial charge in [-0.25, -0.2) is 0 Å². The third kappa shape index (κ3) is 4.10. The Labute approximate surface area is 97.6 Å². The number of hydrogen-bond acceptors (Lipinski definition) is 3. The summed E-state index contributed by atoms with van der Waals surface area (Å²) < 4.78 is 5.27. The molecule has 1 rings (SSSR count). The van der Waals surface area contributed by atoms with E-state index in [0.717, 1.165) is 38.6 Å². The number of hydrogen-bond donors (Lipinski definition) is 1. The number of likely N-dealkylation sites (tertiary alicyclic amines) is 1. The van der Waals surface area contributed by atoms with Crippen LogP contribution >= 0.6 is 0 Å². The van der Waals surface area contributed by atoms with E-state index in [1.54, 1.807) is 0 Å². The molecule has 1 heterocycles. The SMILES string of the molecule is CCCOCC(=O)N1CCCC1CCCO. The van der Waals surface area contributed by atoms with Crippen molar-refractivity contribution in [1.82, 2.24) is 4.90 Å². The predicted octanol–water partition coefficient (Wildman–Crippen LogP) is 1.18. The third-order valence-corrected chi connectivity index (χ3v) is 2.97. The number of aliphatic hydroxyl groups is 1. The summed E-state index contributed by atoms with van der Waals surface area (Å²) in [6.45, 7) is 3.96. The Hall–Kier alpha value is -0.610. The van der Waals surface area contributed by atoms with Crippen LogP contribution in [0.5, 0.6) is 0 Å². The molecule has 94 valence electrons. The van der Waals surface area contributed by atoms with Crippen LogP contribution < -0.4 is 0 Å². The lowest BCUT2D eigenvalue weighted by Crippen LogP contribution is -2.38. The normalized spacial score (nSPS) is 20.4. The maximum absolute atomic E-state index is 11.8. The van der Waals surface area contributed by atoms with Gasteiger partial charge in [0.15, 0.2) is 0 Å². The summed E-state index contributed by atoms with van der Waals surface area (Å²) in [5, 5.41) is 8.80. The lowest BCUT2D eigenvalue weighted by atomic mass is 10.1. The van der Waals surface area contributed by atoms with Gasteiger partial charge in [-0.2, -0.15) is 0 Å². The quantitative estimate of drug-likeness (QED) is 0.667. The minimum atomic E-state index is 0.105. The molecule has 0 aliphatic carbocycles. The van der Waals surface area contributed by atoms with Crippen molar-refractivity contribution in [1.29, 1.82) is 0 Å². The number of rotatable bonds is 7. The molecule has 1 aliphatic rings. The molecule has 0 radical (unpaired) electrons.